The van der Waals surface area contributed by atoms with Crippen LogP contribution in [-0.2, 0) is 29.8 Å². The number of rotatable bonds is 6. The van der Waals surface area contributed by atoms with Gasteiger partial charge in [0.25, 0.3) is 0 Å². The second-order valence-corrected chi connectivity index (χ2v) is 23.5. The molecule has 0 N–H and O–H groups in total. The third kappa shape index (κ3) is 10.6. The summed E-state index contributed by atoms with van der Waals surface area (Å²) in [4.78, 5) is 0. The van der Waals surface area contributed by atoms with Gasteiger partial charge < -0.3 is 24.8 Å². The number of hydrogen-bond donors (Lipinski definition) is 0. The van der Waals surface area contributed by atoms with E-state index in [1.807, 2.05) is 0 Å². The molecule has 1 saturated carbocycles. The van der Waals surface area contributed by atoms with Gasteiger partial charge in [-0.15, -0.1) is 69.1 Å². The Labute approximate surface area is 324 Å². The van der Waals surface area contributed by atoms with Crippen molar-refractivity contribution >= 4 is 27.0 Å². The summed E-state index contributed by atoms with van der Waals surface area (Å²) in [5.41, 5.74) is 11.4. The Bertz CT molecular complexity index is 1900. The Kier molecular flexibility index (Phi) is 16.3. The van der Waals surface area contributed by atoms with Crippen LogP contribution in [0, 0.1) is 0 Å². The summed E-state index contributed by atoms with van der Waals surface area (Å²) < 4.78 is 0. The van der Waals surface area contributed by atoms with E-state index in [9.17, 15) is 0 Å². The molecule has 0 aromatic heterocycles. The van der Waals surface area contributed by atoms with Gasteiger partial charge in [-0.1, -0.05) is 119 Å². The number of aryl methyl sites for hydroxylation is 1. The van der Waals surface area contributed by atoms with Crippen molar-refractivity contribution in [1.29, 1.82) is 0 Å². The number of fused-ring (bicyclic) bond motifs is 2. The summed E-state index contributed by atoms with van der Waals surface area (Å²) in [6.45, 7) is 15.8. The Balaban J connectivity index is 0.000000233. The van der Waals surface area contributed by atoms with Gasteiger partial charge in [0.2, 0.25) is 0 Å². The maximum atomic E-state index is 2.46. The van der Waals surface area contributed by atoms with E-state index >= 15 is 0 Å². The second-order valence-electron chi connectivity index (χ2n) is 14.2. The van der Waals surface area contributed by atoms with Gasteiger partial charge in [0, 0.05) is 0 Å². The molecule has 0 aliphatic heterocycles. The molecule has 4 heteroatoms. The zero-order valence-corrected chi connectivity index (χ0v) is 35.4. The predicted molar refractivity (Wildman–Crippen MR) is 206 cm³/mol. The van der Waals surface area contributed by atoms with Crippen molar-refractivity contribution < 1.29 is 48.1 Å². The van der Waals surface area contributed by atoms with Gasteiger partial charge in [-0.05, 0) is 59.3 Å². The SMILES string of the molecule is CC(C)c1ccc(-c2cccc3[cH-]c(C4CCCC4)cc23)cc1.CCc1cc2c(-c3ccc(C(C)C)cc3)cccc2[cH-]1.C[Si](C)=[Zr+2].[Cl-].[Cl-]. The molecule has 0 bridgehead atoms. The van der Waals surface area contributed by atoms with Crippen LogP contribution >= 0.6 is 0 Å². The maximum absolute atomic E-state index is 2.46. The van der Waals surface area contributed by atoms with Crippen molar-refractivity contribution in [2.45, 2.75) is 97.6 Å². The maximum Gasteiger partial charge on any atom is -1.00 e. The van der Waals surface area contributed by atoms with Gasteiger partial charge in [0.15, 0.2) is 0 Å². The van der Waals surface area contributed by atoms with Crippen LogP contribution in [0.15, 0.2) is 109 Å². The van der Waals surface area contributed by atoms with Crippen LogP contribution in [0.2, 0.25) is 13.1 Å². The van der Waals surface area contributed by atoms with E-state index in [2.05, 4.69) is 157 Å². The third-order valence-corrected chi connectivity index (χ3v) is 9.60. The average molecular weight is 783 g/mol. The van der Waals surface area contributed by atoms with Crippen LogP contribution in [0.25, 0.3) is 43.8 Å². The summed E-state index contributed by atoms with van der Waals surface area (Å²) in [6, 6.07) is 41.0. The standard InChI is InChI=1S/C23H25.C20H21.C2H6Si.2ClH.Zr/c1-16(2)17-10-12-19(13-11-17)22-9-5-8-20-14-21(15-23(20)22)18-6-3-4-7-18;1-4-15-12-18-6-5-7-19(20(18)13-15)17-10-8-16(9-11-17)14(2)3;1-3-2;;;/h5,8-16,18H,3-4,6-7H2,1-2H3;5-14H,4H2,1-3H3;1-2H3;2*1H;/q2*-1;;;;+2/p-2. The van der Waals surface area contributed by atoms with E-state index in [1.165, 1.54) is 86.2 Å². The smallest absolute Gasteiger partial charge is 1.00 e. The van der Waals surface area contributed by atoms with Crippen LogP contribution in [0.5, 0.6) is 0 Å². The van der Waals surface area contributed by atoms with Crippen molar-refractivity contribution in [2.75, 3.05) is 0 Å². The molecule has 0 saturated heterocycles. The molecule has 6 aromatic carbocycles. The van der Waals surface area contributed by atoms with Crippen LogP contribution in [0.1, 0.15) is 100 Å². The Morgan fingerprint density at radius 3 is 1.51 bits per heavy atom. The first-order valence-electron chi connectivity index (χ1n) is 17.7. The fourth-order valence-electron chi connectivity index (χ4n) is 6.85. The average Bonchev–Trinajstić information content (AvgIpc) is 3.84. The van der Waals surface area contributed by atoms with Crippen molar-refractivity contribution in [3.05, 3.63) is 131 Å². The topological polar surface area (TPSA) is 0 Å². The van der Waals surface area contributed by atoms with E-state index in [4.69, 9.17) is 0 Å². The first kappa shape index (κ1) is 41.2. The van der Waals surface area contributed by atoms with Gasteiger partial charge in [-0.2, -0.15) is 12.1 Å². The second kappa shape index (κ2) is 19.4. The molecular formula is C45H52Cl2SiZr-2. The molecule has 0 amide bonds. The Morgan fingerprint density at radius 2 is 1.08 bits per heavy atom. The Hall–Kier alpha value is -2.22. The van der Waals surface area contributed by atoms with Crippen LogP contribution in [0.3, 0.4) is 0 Å². The molecule has 1 aliphatic carbocycles. The van der Waals surface area contributed by atoms with Crippen LogP contribution in [-0.4, -0.2) is 5.43 Å². The van der Waals surface area contributed by atoms with Gasteiger partial charge in [0.1, 0.15) is 0 Å². The molecule has 7 rings (SSSR count). The summed E-state index contributed by atoms with van der Waals surface area (Å²) in [7, 11) is 0. The first-order valence-corrected chi connectivity index (χ1v) is 23.9. The number of benzene rings is 4. The molecule has 0 atom stereocenters. The summed E-state index contributed by atoms with van der Waals surface area (Å²) >= 11 is 1.74. The van der Waals surface area contributed by atoms with E-state index in [1.54, 1.807) is 28.9 Å². The summed E-state index contributed by atoms with van der Waals surface area (Å²) in [6.07, 6.45) is 6.63. The zero-order chi connectivity index (χ0) is 33.5. The van der Waals surface area contributed by atoms with Crippen molar-refractivity contribution in [2.24, 2.45) is 0 Å². The fraction of sp³-hybridized carbons (Fsp3) is 0.333. The summed E-state index contributed by atoms with van der Waals surface area (Å²) in [5, 5.41) is 5.55. The molecule has 0 nitrogen and oxygen atoms in total. The minimum Gasteiger partial charge on any atom is -1.00 e. The van der Waals surface area contributed by atoms with Gasteiger partial charge >= 0.3 is 41.9 Å². The number of hydrogen-bond acceptors (Lipinski definition) is 0. The van der Waals surface area contributed by atoms with E-state index < -0.39 is 0 Å². The minimum absolute atomic E-state index is 0. The molecule has 1 aliphatic rings. The molecule has 0 unspecified atom stereocenters. The van der Waals surface area contributed by atoms with Crippen molar-refractivity contribution in [3.8, 4) is 22.3 Å². The van der Waals surface area contributed by atoms with Crippen LogP contribution in [0.4, 0.5) is 0 Å². The molecule has 6 aromatic rings. The van der Waals surface area contributed by atoms with E-state index in [0.29, 0.717) is 11.8 Å². The quantitative estimate of drug-likeness (QED) is 0.120. The number of halogens is 2. The molecule has 49 heavy (non-hydrogen) atoms. The van der Waals surface area contributed by atoms with Crippen molar-refractivity contribution in [1.82, 2.24) is 0 Å². The van der Waals surface area contributed by atoms with E-state index in [-0.39, 0.29) is 30.2 Å². The molecule has 0 radical (unpaired) electrons. The van der Waals surface area contributed by atoms with Crippen LogP contribution < -0.4 is 24.8 Å². The monoisotopic (exact) mass is 780 g/mol. The van der Waals surface area contributed by atoms with Gasteiger partial charge in [-0.25, -0.2) is 0 Å². The first-order chi connectivity index (χ1) is 22.6. The zero-order valence-electron chi connectivity index (χ0n) is 30.4. The Morgan fingerprint density at radius 1 is 0.653 bits per heavy atom. The molecule has 1 fully saturated rings. The third-order valence-electron chi connectivity index (χ3n) is 9.60. The van der Waals surface area contributed by atoms with E-state index in [0.717, 1.165) is 12.3 Å². The normalized spacial score (nSPS) is 12.6. The largest absolute Gasteiger partial charge is 1.00 e. The molecule has 0 heterocycles. The summed E-state index contributed by atoms with van der Waals surface area (Å²) in [5.74, 6) is 1.97. The fourth-order valence-corrected chi connectivity index (χ4v) is 6.85. The predicted octanol–water partition coefficient (Wildman–Crippen LogP) is 7.71. The minimum atomic E-state index is 0. The molecule has 256 valence electrons. The van der Waals surface area contributed by atoms with Gasteiger partial charge in [-0.3, -0.25) is 0 Å². The molecule has 0 spiro atoms. The van der Waals surface area contributed by atoms with Crippen molar-refractivity contribution in [3.63, 3.8) is 0 Å². The van der Waals surface area contributed by atoms with Gasteiger partial charge in [0.05, 0.1) is 0 Å². The molecular weight excluding hydrogens is 731 g/mol.